The van der Waals surface area contributed by atoms with Gasteiger partial charge >= 0.3 is 0 Å². The summed E-state index contributed by atoms with van der Waals surface area (Å²) >= 11 is 5.39. The van der Waals surface area contributed by atoms with E-state index in [0.29, 0.717) is 21.8 Å². The number of aromatic amines is 1. The second kappa shape index (κ2) is 4.88. The third-order valence-electron chi connectivity index (χ3n) is 4.90. The fourth-order valence-electron chi connectivity index (χ4n) is 4.00. The molecule has 0 saturated carbocycles. The largest absolute Gasteiger partial charge is 0.328 e. The van der Waals surface area contributed by atoms with Crippen LogP contribution in [0.2, 0.25) is 0 Å². The molecule has 0 radical (unpaired) electrons. The van der Waals surface area contributed by atoms with E-state index in [-0.39, 0.29) is 6.04 Å². The molecule has 1 N–H and O–H groups in total. The fraction of sp³-hybridized carbons (Fsp3) is 0.533. The van der Waals surface area contributed by atoms with E-state index in [1.165, 1.54) is 18.9 Å². The molecule has 0 bridgehead atoms. The molecule has 2 aliphatic heterocycles. The minimum Gasteiger partial charge on any atom is -0.328 e. The molecule has 0 spiro atoms. The highest BCUT2D eigenvalue weighted by molar-refractivity contribution is 7.71. The van der Waals surface area contributed by atoms with Crippen molar-refractivity contribution in [3.63, 3.8) is 0 Å². The first-order valence-electron chi connectivity index (χ1n) is 7.48. The maximum atomic E-state index is 13.9. The van der Waals surface area contributed by atoms with Crippen LogP contribution >= 0.6 is 12.2 Å². The van der Waals surface area contributed by atoms with E-state index in [1.54, 1.807) is 0 Å². The van der Waals surface area contributed by atoms with Gasteiger partial charge in [0.15, 0.2) is 10.6 Å². The summed E-state index contributed by atoms with van der Waals surface area (Å²) in [6, 6.07) is 2.94. The molecular formula is C15H17F2N3S. The number of rotatable bonds is 1. The van der Waals surface area contributed by atoms with Crippen molar-refractivity contribution in [1.82, 2.24) is 14.5 Å². The molecule has 1 aromatic heterocycles. The van der Waals surface area contributed by atoms with Gasteiger partial charge in [-0.15, -0.1) is 0 Å². The number of nitrogens with one attached hydrogen (secondary N) is 1. The van der Waals surface area contributed by atoms with Crippen LogP contribution in [0.15, 0.2) is 12.1 Å². The summed E-state index contributed by atoms with van der Waals surface area (Å²) in [5.74, 6) is -1.13. The van der Waals surface area contributed by atoms with Gasteiger partial charge in [0.05, 0.1) is 11.6 Å². The van der Waals surface area contributed by atoms with Crippen molar-refractivity contribution in [2.45, 2.75) is 37.8 Å². The lowest BCUT2D eigenvalue weighted by atomic mass is 9.99. The van der Waals surface area contributed by atoms with Crippen molar-refractivity contribution in [3.8, 4) is 0 Å². The quantitative estimate of drug-likeness (QED) is 0.811. The molecule has 2 unspecified atom stereocenters. The van der Waals surface area contributed by atoms with Crippen molar-refractivity contribution >= 4 is 23.3 Å². The lowest BCUT2D eigenvalue weighted by Gasteiger charge is -2.32. The third kappa shape index (κ3) is 2.04. The number of fused-ring (bicyclic) bond motifs is 2. The molecule has 112 valence electrons. The Morgan fingerprint density at radius 3 is 2.81 bits per heavy atom. The first kappa shape index (κ1) is 13.4. The molecule has 4 rings (SSSR count). The van der Waals surface area contributed by atoms with Crippen LogP contribution in [0.5, 0.6) is 0 Å². The second-order valence-corrected chi connectivity index (χ2v) is 6.42. The summed E-state index contributed by atoms with van der Waals surface area (Å²) in [6.07, 6.45) is 4.59. The molecule has 0 aliphatic carbocycles. The number of halogens is 2. The van der Waals surface area contributed by atoms with Crippen LogP contribution in [0.3, 0.4) is 0 Å². The van der Waals surface area contributed by atoms with Gasteiger partial charge in [0.25, 0.3) is 0 Å². The van der Waals surface area contributed by atoms with Gasteiger partial charge in [-0.25, -0.2) is 8.78 Å². The average Bonchev–Trinajstić information content (AvgIpc) is 3.00. The smallest absolute Gasteiger partial charge is 0.178 e. The lowest BCUT2D eigenvalue weighted by molar-refractivity contribution is 0.174. The molecule has 6 heteroatoms. The van der Waals surface area contributed by atoms with E-state index in [1.807, 2.05) is 4.57 Å². The van der Waals surface area contributed by atoms with Crippen LogP contribution in [0.25, 0.3) is 11.0 Å². The zero-order valence-electron chi connectivity index (χ0n) is 11.6. The number of aromatic nitrogens is 2. The Hall–Kier alpha value is -1.27. The summed E-state index contributed by atoms with van der Waals surface area (Å²) in [6.45, 7) is 2.17. The van der Waals surface area contributed by atoms with Crippen molar-refractivity contribution in [1.29, 1.82) is 0 Å². The molecule has 0 amide bonds. The van der Waals surface area contributed by atoms with E-state index in [0.717, 1.165) is 32.0 Å². The summed E-state index contributed by atoms with van der Waals surface area (Å²) in [5.41, 5.74) is 0.866. The first-order valence-corrected chi connectivity index (χ1v) is 7.89. The minimum atomic E-state index is -0.576. The Kier molecular flexibility index (Phi) is 3.11. The lowest BCUT2D eigenvalue weighted by Crippen LogP contribution is -2.37. The normalized spacial score (nSPS) is 26.4. The second-order valence-electron chi connectivity index (χ2n) is 6.04. The zero-order chi connectivity index (χ0) is 14.6. The van der Waals surface area contributed by atoms with E-state index in [4.69, 9.17) is 12.2 Å². The molecule has 3 nitrogen and oxygen atoms in total. The van der Waals surface area contributed by atoms with Crippen molar-refractivity contribution in [2.75, 3.05) is 13.1 Å². The van der Waals surface area contributed by atoms with E-state index >= 15 is 0 Å². The van der Waals surface area contributed by atoms with Crippen molar-refractivity contribution in [2.24, 2.45) is 0 Å². The summed E-state index contributed by atoms with van der Waals surface area (Å²) < 4.78 is 29.9. The predicted octanol–water partition coefficient (Wildman–Crippen LogP) is 3.78. The van der Waals surface area contributed by atoms with Gasteiger partial charge in [0.1, 0.15) is 11.3 Å². The maximum Gasteiger partial charge on any atom is 0.178 e. The van der Waals surface area contributed by atoms with Gasteiger partial charge in [-0.2, -0.15) is 0 Å². The van der Waals surface area contributed by atoms with Crippen molar-refractivity contribution in [3.05, 3.63) is 28.5 Å². The summed E-state index contributed by atoms with van der Waals surface area (Å²) in [5, 5.41) is 0. The number of hydrogen-bond donors (Lipinski definition) is 1. The van der Waals surface area contributed by atoms with E-state index in [2.05, 4.69) is 9.88 Å². The van der Waals surface area contributed by atoms with Crippen molar-refractivity contribution < 1.29 is 8.78 Å². The standard InChI is InChI=1S/C15H17F2N3S/c16-9-7-10(17)14-13(8-9)20(15(21)18-14)12-4-6-19-5-2-1-3-11(12)19/h7-8,11-12H,1-6H2,(H,18,21). The summed E-state index contributed by atoms with van der Waals surface area (Å²) in [4.78, 5) is 5.40. The van der Waals surface area contributed by atoms with Crippen LogP contribution < -0.4 is 0 Å². The van der Waals surface area contributed by atoms with Gasteiger partial charge in [0.2, 0.25) is 0 Å². The summed E-state index contributed by atoms with van der Waals surface area (Å²) in [7, 11) is 0. The molecule has 2 atom stereocenters. The molecule has 1 aromatic carbocycles. The molecule has 3 heterocycles. The van der Waals surface area contributed by atoms with Crippen LogP contribution in [0, 0.1) is 16.4 Å². The van der Waals surface area contributed by atoms with E-state index < -0.39 is 11.6 Å². The van der Waals surface area contributed by atoms with Gasteiger partial charge in [-0.05, 0) is 44.1 Å². The number of benzene rings is 1. The monoisotopic (exact) mass is 309 g/mol. The molecule has 2 aromatic rings. The van der Waals surface area contributed by atoms with E-state index in [9.17, 15) is 8.78 Å². The highest BCUT2D eigenvalue weighted by Gasteiger charge is 2.37. The highest BCUT2D eigenvalue weighted by atomic mass is 32.1. The topological polar surface area (TPSA) is 24.0 Å². The molecule has 2 fully saturated rings. The van der Waals surface area contributed by atoms with Crippen LogP contribution in [0.1, 0.15) is 31.7 Å². The number of hydrogen-bond acceptors (Lipinski definition) is 2. The first-order chi connectivity index (χ1) is 10.1. The molecule has 2 aliphatic rings. The maximum absolute atomic E-state index is 13.9. The zero-order valence-corrected chi connectivity index (χ0v) is 12.4. The Labute approximate surface area is 126 Å². The molecular weight excluding hydrogens is 292 g/mol. The Bertz CT molecular complexity index is 751. The Balaban J connectivity index is 1.87. The van der Waals surface area contributed by atoms with Crippen LogP contribution in [-0.2, 0) is 0 Å². The fourth-order valence-corrected chi connectivity index (χ4v) is 4.34. The average molecular weight is 309 g/mol. The van der Waals surface area contributed by atoms with Crippen LogP contribution in [0.4, 0.5) is 8.78 Å². The Morgan fingerprint density at radius 1 is 1.10 bits per heavy atom. The number of piperidine rings is 1. The van der Waals surface area contributed by atoms with Gasteiger partial charge in [0, 0.05) is 18.7 Å². The molecule has 2 saturated heterocycles. The molecule has 21 heavy (non-hydrogen) atoms. The minimum absolute atomic E-state index is 0.216. The highest BCUT2D eigenvalue weighted by Crippen LogP contribution is 2.37. The number of H-pyrrole nitrogens is 1. The third-order valence-corrected chi connectivity index (χ3v) is 5.20. The SMILES string of the molecule is Fc1cc(F)c2[nH]c(=S)n(C3CCN4CCCCC34)c2c1. The van der Waals surface area contributed by atoms with Crippen LogP contribution in [-0.4, -0.2) is 33.6 Å². The predicted molar refractivity (Wildman–Crippen MR) is 79.9 cm³/mol. The van der Waals surface area contributed by atoms with Gasteiger partial charge in [-0.1, -0.05) is 6.42 Å². The number of nitrogens with zero attached hydrogens (tertiary/aromatic N) is 2. The Morgan fingerprint density at radius 2 is 1.95 bits per heavy atom. The number of imidazole rings is 1. The van der Waals surface area contributed by atoms with Gasteiger partial charge in [-0.3, -0.25) is 4.90 Å². The van der Waals surface area contributed by atoms with Gasteiger partial charge < -0.3 is 9.55 Å².